The van der Waals surface area contributed by atoms with Crippen molar-refractivity contribution in [3.05, 3.63) is 57.1 Å². The number of nitrogens with zero attached hydrogens (tertiary/aromatic N) is 1. The van der Waals surface area contributed by atoms with Crippen LogP contribution < -0.4 is 13.7 Å². The zero-order chi connectivity index (χ0) is 16.3. The zero-order valence-electron chi connectivity index (χ0n) is 11.7. The van der Waals surface area contributed by atoms with Crippen LogP contribution in [0.1, 0.15) is 10.4 Å². The largest absolute Gasteiger partial charge is 0.147 e. The van der Waals surface area contributed by atoms with Gasteiger partial charge in [0.15, 0.2) is 0 Å². The summed E-state index contributed by atoms with van der Waals surface area (Å²) in [6.45, 7) is 0. The standard InChI is InChI=1S/C14H10ClNO5Se.ClH/c1-21-9-3-5-12(10(7-9)14(17)18)22-13-6-8(15)2-4-11(13)16(19)20;/h2-7H,1H3,(H,17,18);1H. The summed E-state index contributed by atoms with van der Waals surface area (Å²) in [5.41, 5.74) is -0.00909. The van der Waals surface area contributed by atoms with Gasteiger partial charge in [0.2, 0.25) is 0 Å². The minimum absolute atomic E-state index is 0. The number of hydrogen-bond donors (Lipinski definition) is 1. The molecule has 0 fully saturated rings. The van der Waals surface area contributed by atoms with E-state index in [1.165, 1.54) is 31.4 Å². The van der Waals surface area contributed by atoms with Crippen molar-refractivity contribution in [2.24, 2.45) is 0 Å². The summed E-state index contributed by atoms with van der Waals surface area (Å²) in [6.07, 6.45) is 0. The number of benzene rings is 2. The van der Waals surface area contributed by atoms with Crippen molar-refractivity contribution in [1.29, 1.82) is 0 Å². The Morgan fingerprint density at radius 2 is 1.96 bits per heavy atom. The third-order valence-electron chi connectivity index (χ3n) is 2.76. The third-order valence-corrected chi connectivity index (χ3v) is 5.35. The number of carbonyl (C=O) groups is 1. The molecule has 1 N–H and O–H groups in total. The molecular weight excluding hydrogens is 412 g/mol. The summed E-state index contributed by atoms with van der Waals surface area (Å²) in [5, 5.41) is 20.7. The molecule has 0 amide bonds. The second-order valence-corrected chi connectivity index (χ2v) is 6.85. The summed E-state index contributed by atoms with van der Waals surface area (Å²) in [7, 11) is 1.44. The van der Waals surface area contributed by atoms with Crippen molar-refractivity contribution in [3.8, 4) is 5.75 Å². The summed E-state index contributed by atoms with van der Waals surface area (Å²) < 4.78 is 5.93. The van der Waals surface area contributed by atoms with Crippen LogP contribution in [-0.4, -0.2) is 38.1 Å². The minimum Gasteiger partial charge on any atom is -0.147 e. The molecule has 2 aromatic rings. The van der Waals surface area contributed by atoms with Crippen molar-refractivity contribution in [2.45, 2.75) is 0 Å². The Labute approximate surface area is 149 Å². The van der Waals surface area contributed by atoms with Crippen LogP contribution in [0.3, 0.4) is 0 Å². The Kier molecular flexibility index (Phi) is 6.84. The van der Waals surface area contributed by atoms with E-state index in [1.54, 1.807) is 12.1 Å². The minimum atomic E-state index is -1.11. The van der Waals surface area contributed by atoms with Crippen LogP contribution in [-0.2, 0) is 0 Å². The molecule has 0 atom stereocenters. The molecule has 122 valence electrons. The van der Waals surface area contributed by atoms with Gasteiger partial charge in [0.1, 0.15) is 0 Å². The van der Waals surface area contributed by atoms with E-state index in [9.17, 15) is 20.0 Å². The maximum atomic E-state index is 11.4. The van der Waals surface area contributed by atoms with Crippen LogP contribution in [0.4, 0.5) is 5.69 Å². The maximum Gasteiger partial charge on any atom is -0.147 e. The van der Waals surface area contributed by atoms with Gasteiger partial charge in [-0.05, 0) is 0 Å². The number of ether oxygens (including phenoxy) is 1. The van der Waals surface area contributed by atoms with E-state index in [0.29, 0.717) is 19.7 Å². The van der Waals surface area contributed by atoms with E-state index >= 15 is 0 Å². The monoisotopic (exact) mass is 423 g/mol. The molecule has 0 saturated carbocycles. The van der Waals surface area contributed by atoms with Gasteiger partial charge in [0.25, 0.3) is 0 Å². The number of carboxylic acids is 1. The fourth-order valence-electron chi connectivity index (χ4n) is 1.73. The fraction of sp³-hybridized carbons (Fsp3) is 0.0714. The van der Waals surface area contributed by atoms with E-state index < -0.39 is 25.8 Å². The molecule has 2 aromatic carbocycles. The first kappa shape index (κ1) is 19.3. The second kappa shape index (κ2) is 8.17. The molecule has 0 saturated heterocycles. The molecule has 0 aliphatic carbocycles. The van der Waals surface area contributed by atoms with Crippen LogP contribution in [0, 0.1) is 10.1 Å². The average molecular weight is 423 g/mol. The third kappa shape index (κ3) is 4.59. The number of aromatic carboxylic acids is 1. The van der Waals surface area contributed by atoms with Gasteiger partial charge in [-0.1, -0.05) is 0 Å². The van der Waals surface area contributed by atoms with Crippen LogP contribution in [0.5, 0.6) is 5.75 Å². The molecule has 2 rings (SSSR count). The molecule has 0 spiro atoms. The van der Waals surface area contributed by atoms with Crippen molar-refractivity contribution >= 4 is 59.5 Å². The van der Waals surface area contributed by atoms with Gasteiger partial charge in [0, 0.05) is 0 Å². The normalized spacial score (nSPS) is 9.83. The Morgan fingerprint density at radius 1 is 1.26 bits per heavy atom. The Hall–Kier alpha value is -1.79. The van der Waals surface area contributed by atoms with Crippen molar-refractivity contribution in [1.82, 2.24) is 0 Å². The fourth-order valence-corrected chi connectivity index (χ4v) is 4.28. The molecule has 0 aliphatic rings. The van der Waals surface area contributed by atoms with Gasteiger partial charge in [-0.25, -0.2) is 0 Å². The van der Waals surface area contributed by atoms with Crippen molar-refractivity contribution in [3.63, 3.8) is 0 Å². The van der Waals surface area contributed by atoms with Crippen molar-refractivity contribution < 1.29 is 19.6 Å². The number of nitro benzene ring substituents is 1. The van der Waals surface area contributed by atoms with Crippen LogP contribution >= 0.6 is 24.0 Å². The quantitative estimate of drug-likeness (QED) is 0.452. The zero-order valence-corrected chi connectivity index (χ0v) is 15.0. The first-order valence-corrected chi connectivity index (χ1v) is 8.04. The molecule has 0 bridgehead atoms. The Morgan fingerprint density at radius 3 is 2.52 bits per heavy atom. The van der Waals surface area contributed by atoms with Gasteiger partial charge in [-0.2, -0.15) is 0 Å². The predicted octanol–water partition coefficient (Wildman–Crippen LogP) is 2.03. The molecule has 0 radical (unpaired) electrons. The van der Waals surface area contributed by atoms with Gasteiger partial charge >= 0.3 is 137 Å². The van der Waals surface area contributed by atoms with Crippen LogP contribution in [0.2, 0.25) is 5.02 Å². The van der Waals surface area contributed by atoms with Gasteiger partial charge in [0.05, 0.1) is 0 Å². The SMILES string of the molecule is COc1ccc([Se]c2cc(Cl)ccc2[N+](=O)[O-])c(C(=O)O)c1.Cl. The van der Waals surface area contributed by atoms with Crippen molar-refractivity contribution in [2.75, 3.05) is 7.11 Å². The molecular formula is C14H11Cl2NO5Se. The molecule has 0 unspecified atom stereocenters. The number of hydrogen-bond acceptors (Lipinski definition) is 4. The summed E-state index contributed by atoms with van der Waals surface area (Å²) in [4.78, 5) is 21.9. The van der Waals surface area contributed by atoms with Gasteiger partial charge in [-0.3, -0.25) is 0 Å². The molecule has 9 heteroatoms. The first-order chi connectivity index (χ1) is 10.4. The summed E-state index contributed by atoms with van der Waals surface area (Å²) in [5.74, 6) is -0.696. The molecule has 0 heterocycles. The smallest absolute Gasteiger partial charge is 0.147 e. The van der Waals surface area contributed by atoms with E-state index in [1.807, 2.05) is 0 Å². The van der Waals surface area contributed by atoms with Gasteiger partial charge < -0.3 is 0 Å². The van der Waals surface area contributed by atoms with Crippen LogP contribution in [0.25, 0.3) is 0 Å². The van der Waals surface area contributed by atoms with Crippen LogP contribution in [0.15, 0.2) is 36.4 Å². The summed E-state index contributed by atoms with van der Waals surface area (Å²) in [6, 6.07) is 8.88. The maximum absolute atomic E-state index is 11.4. The topological polar surface area (TPSA) is 89.7 Å². The number of carboxylic acid groups (broad SMARTS) is 1. The van der Waals surface area contributed by atoms with Gasteiger partial charge in [-0.15, -0.1) is 12.4 Å². The predicted molar refractivity (Wildman–Crippen MR) is 90.3 cm³/mol. The molecule has 0 aliphatic heterocycles. The summed E-state index contributed by atoms with van der Waals surface area (Å²) >= 11 is 5.31. The van der Waals surface area contributed by atoms with E-state index in [0.717, 1.165) is 0 Å². The molecule has 6 nitrogen and oxygen atoms in total. The Balaban J connectivity index is 0.00000264. The van der Waals surface area contributed by atoms with E-state index in [4.69, 9.17) is 16.3 Å². The molecule has 0 aromatic heterocycles. The number of rotatable bonds is 5. The number of nitro groups is 1. The first-order valence-electron chi connectivity index (χ1n) is 5.95. The van der Waals surface area contributed by atoms with E-state index in [2.05, 4.69) is 0 Å². The Bertz CT molecular complexity index is 754. The second-order valence-electron chi connectivity index (χ2n) is 4.14. The number of methoxy groups -OCH3 is 1. The van der Waals surface area contributed by atoms with E-state index in [-0.39, 0.29) is 23.7 Å². The molecule has 23 heavy (non-hydrogen) atoms. The average Bonchev–Trinajstić information content (AvgIpc) is 2.47. The number of halogens is 2.